The van der Waals surface area contributed by atoms with Crippen molar-refractivity contribution in [3.8, 4) is 0 Å². The average molecular weight is 305 g/mol. The minimum absolute atomic E-state index is 0.177. The first-order valence-corrected chi connectivity index (χ1v) is 8.21. The van der Waals surface area contributed by atoms with E-state index in [1.54, 1.807) is 6.20 Å². The molecule has 0 saturated heterocycles. The van der Waals surface area contributed by atoms with Crippen molar-refractivity contribution in [2.24, 2.45) is 0 Å². The first kappa shape index (κ1) is 13.5. The molecular formula is C14H15N3OS2. The van der Waals surface area contributed by atoms with Crippen LogP contribution in [0.5, 0.6) is 0 Å². The number of carbonyl (C=O) groups excluding carboxylic acids is 1. The molecular weight excluding hydrogens is 290 g/mol. The van der Waals surface area contributed by atoms with Crippen LogP contribution < -0.4 is 5.73 Å². The zero-order valence-electron chi connectivity index (χ0n) is 10.9. The Kier molecular flexibility index (Phi) is 3.93. The zero-order chi connectivity index (χ0) is 13.9. The Morgan fingerprint density at radius 2 is 2.20 bits per heavy atom. The van der Waals surface area contributed by atoms with E-state index in [4.69, 9.17) is 5.73 Å². The van der Waals surface area contributed by atoms with Gasteiger partial charge in [0.1, 0.15) is 0 Å². The van der Waals surface area contributed by atoms with Gasteiger partial charge in [-0.05, 0) is 17.5 Å². The highest BCUT2D eigenvalue weighted by atomic mass is 32.2. The number of rotatable bonds is 3. The molecule has 1 aromatic carbocycles. The molecule has 4 nitrogen and oxygen atoms in total. The largest absolute Gasteiger partial charge is 0.375 e. The molecule has 104 valence electrons. The SMILES string of the molecule is Nc1ncc(SCC(=O)N2CCc3ccccc3C2)s1. The van der Waals surface area contributed by atoms with Crippen LogP contribution in [0.1, 0.15) is 11.1 Å². The normalized spacial score (nSPS) is 14.1. The summed E-state index contributed by atoms with van der Waals surface area (Å²) >= 11 is 2.93. The van der Waals surface area contributed by atoms with E-state index in [-0.39, 0.29) is 5.91 Å². The van der Waals surface area contributed by atoms with Gasteiger partial charge in [-0.25, -0.2) is 4.98 Å². The maximum Gasteiger partial charge on any atom is 0.233 e. The van der Waals surface area contributed by atoms with E-state index in [0.29, 0.717) is 10.9 Å². The standard InChI is InChI=1S/C14H15N3OS2/c15-14-16-7-13(20-14)19-9-12(18)17-6-5-10-3-1-2-4-11(10)8-17/h1-4,7H,5-6,8-9H2,(H2,15,16). The summed E-state index contributed by atoms with van der Waals surface area (Å²) in [6.45, 7) is 1.53. The van der Waals surface area contributed by atoms with Gasteiger partial charge in [-0.2, -0.15) is 0 Å². The predicted octanol–water partition coefficient (Wildman–Crippen LogP) is 2.40. The van der Waals surface area contributed by atoms with Gasteiger partial charge in [0, 0.05) is 13.1 Å². The molecule has 0 spiro atoms. The number of nitrogen functional groups attached to an aromatic ring is 1. The fourth-order valence-electron chi connectivity index (χ4n) is 2.27. The molecule has 3 rings (SSSR count). The second-order valence-corrected chi connectivity index (χ2v) is 6.98. The molecule has 0 saturated carbocycles. The molecule has 1 aliphatic heterocycles. The van der Waals surface area contributed by atoms with Crippen molar-refractivity contribution in [2.45, 2.75) is 17.2 Å². The lowest BCUT2D eigenvalue weighted by atomic mass is 10.00. The third-order valence-electron chi connectivity index (χ3n) is 3.32. The van der Waals surface area contributed by atoms with Crippen LogP contribution in [0, 0.1) is 0 Å². The number of amides is 1. The quantitative estimate of drug-likeness (QED) is 0.885. The molecule has 2 aromatic rings. The number of thiazole rings is 1. The number of nitrogens with two attached hydrogens (primary N) is 1. The second kappa shape index (κ2) is 5.85. The van der Waals surface area contributed by atoms with Crippen molar-refractivity contribution in [3.63, 3.8) is 0 Å². The summed E-state index contributed by atoms with van der Waals surface area (Å²) in [5, 5.41) is 0.548. The monoisotopic (exact) mass is 305 g/mol. The Balaban J connectivity index is 1.59. The Bertz CT molecular complexity index is 626. The average Bonchev–Trinajstić information content (AvgIpc) is 2.90. The summed E-state index contributed by atoms with van der Waals surface area (Å²) in [6.07, 6.45) is 2.67. The molecule has 2 heterocycles. The summed E-state index contributed by atoms with van der Waals surface area (Å²) < 4.78 is 0.994. The first-order chi connectivity index (χ1) is 9.72. The van der Waals surface area contributed by atoms with E-state index in [1.807, 2.05) is 11.0 Å². The number of thioether (sulfide) groups is 1. The molecule has 0 bridgehead atoms. The minimum atomic E-state index is 0.177. The number of aromatic nitrogens is 1. The van der Waals surface area contributed by atoms with E-state index in [2.05, 4.69) is 23.2 Å². The summed E-state index contributed by atoms with van der Waals surface area (Å²) in [4.78, 5) is 18.2. The Hall–Kier alpha value is -1.53. The van der Waals surface area contributed by atoms with Crippen molar-refractivity contribution >= 4 is 34.1 Å². The molecule has 0 fully saturated rings. The number of benzene rings is 1. The molecule has 0 aliphatic carbocycles. The summed E-state index contributed by atoms with van der Waals surface area (Å²) in [6, 6.07) is 8.33. The van der Waals surface area contributed by atoms with Crippen LogP contribution in [-0.2, 0) is 17.8 Å². The smallest absolute Gasteiger partial charge is 0.233 e. The molecule has 1 amide bonds. The van der Waals surface area contributed by atoms with Crippen LogP contribution in [0.3, 0.4) is 0 Å². The van der Waals surface area contributed by atoms with E-state index in [1.165, 1.54) is 34.2 Å². The number of hydrogen-bond donors (Lipinski definition) is 1. The van der Waals surface area contributed by atoms with Gasteiger partial charge in [0.2, 0.25) is 5.91 Å². The summed E-state index contributed by atoms with van der Waals surface area (Å²) in [7, 11) is 0. The number of nitrogens with zero attached hydrogens (tertiary/aromatic N) is 2. The fraction of sp³-hybridized carbons (Fsp3) is 0.286. The highest BCUT2D eigenvalue weighted by Crippen LogP contribution is 2.27. The van der Waals surface area contributed by atoms with E-state index < -0.39 is 0 Å². The summed E-state index contributed by atoms with van der Waals surface area (Å²) in [5.41, 5.74) is 8.20. The number of carbonyl (C=O) groups is 1. The topological polar surface area (TPSA) is 59.2 Å². The van der Waals surface area contributed by atoms with Gasteiger partial charge in [0.15, 0.2) is 5.13 Å². The van der Waals surface area contributed by atoms with E-state index in [0.717, 1.165) is 23.7 Å². The third-order valence-corrected chi connectivity index (χ3v) is 5.33. The van der Waals surface area contributed by atoms with Crippen LogP contribution in [0.4, 0.5) is 5.13 Å². The van der Waals surface area contributed by atoms with Crippen LogP contribution >= 0.6 is 23.1 Å². The zero-order valence-corrected chi connectivity index (χ0v) is 12.5. The van der Waals surface area contributed by atoms with Gasteiger partial charge in [-0.15, -0.1) is 11.8 Å². The number of anilines is 1. The molecule has 20 heavy (non-hydrogen) atoms. The highest BCUT2D eigenvalue weighted by molar-refractivity contribution is 8.01. The van der Waals surface area contributed by atoms with Crippen LogP contribution in [0.25, 0.3) is 0 Å². The van der Waals surface area contributed by atoms with Crippen LogP contribution in [0.2, 0.25) is 0 Å². The van der Waals surface area contributed by atoms with Gasteiger partial charge in [-0.3, -0.25) is 4.79 Å². The van der Waals surface area contributed by atoms with E-state index >= 15 is 0 Å². The van der Waals surface area contributed by atoms with Crippen molar-refractivity contribution < 1.29 is 4.79 Å². The maximum atomic E-state index is 12.2. The lowest BCUT2D eigenvalue weighted by molar-refractivity contribution is -0.129. The molecule has 6 heteroatoms. The third kappa shape index (κ3) is 2.96. The van der Waals surface area contributed by atoms with Gasteiger partial charge < -0.3 is 10.6 Å². The Morgan fingerprint density at radius 1 is 1.40 bits per heavy atom. The van der Waals surface area contributed by atoms with Gasteiger partial charge in [-0.1, -0.05) is 35.6 Å². The molecule has 1 aliphatic rings. The molecule has 0 unspecified atom stereocenters. The van der Waals surface area contributed by atoms with Crippen LogP contribution in [0.15, 0.2) is 34.7 Å². The Labute approximate surface area is 126 Å². The van der Waals surface area contributed by atoms with Crippen molar-refractivity contribution in [3.05, 3.63) is 41.6 Å². The van der Waals surface area contributed by atoms with Crippen molar-refractivity contribution in [1.29, 1.82) is 0 Å². The predicted molar refractivity (Wildman–Crippen MR) is 82.8 cm³/mol. The van der Waals surface area contributed by atoms with Crippen LogP contribution in [-0.4, -0.2) is 28.1 Å². The van der Waals surface area contributed by atoms with Gasteiger partial charge >= 0.3 is 0 Å². The summed E-state index contributed by atoms with van der Waals surface area (Å²) in [5.74, 6) is 0.626. The molecule has 1 aromatic heterocycles. The molecule has 0 radical (unpaired) electrons. The molecule has 0 atom stereocenters. The second-order valence-electron chi connectivity index (χ2n) is 4.64. The lowest BCUT2D eigenvalue weighted by Gasteiger charge is -2.28. The number of fused-ring (bicyclic) bond motifs is 1. The van der Waals surface area contributed by atoms with E-state index in [9.17, 15) is 4.79 Å². The fourth-order valence-corrected chi connectivity index (χ4v) is 3.93. The Morgan fingerprint density at radius 3 is 2.95 bits per heavy atom. The number of hydrogen-bond acceptors (Lipinski definition) is 5. The van der Waals surface area contributed by atoms with Crippen molar-refractivity contribution in [2.75, 3.05) is 18.0 Å². The van der Waals surface area contributed by atoms with Gasteiger partial charge in [0.25, 0.3) is 0 Å². The lowest BCUT2D eigenvalue weighted by Crippen LogP contribution is -2.36. The molecule has 2 N–H and O–H groups in total. The maximum absolute atomic E-state index is 12.2. The van der Waals surface area contributed by atoms with Crippen molar-refractivity contribution in [1.82, 2.24) is 9.88 Å². The van der Waals surface area contributed by atoms with Gasteiger partial charge in [0.05, 0.1) is 16.2 Å². The highest BCUT2D eigenvalue weighted by Gasteiger charge is 2.20. The minimum Gasteiger partial charge on any atom is -0.375 e. The first-order valence-electron chi connectivity index (χ1n) is 6.41.